The molecule has 196 valence electrons. The van der Waals surface area contributed by atoms with Gasteiger partial charge in [0.2, 0.25) is 5.75 Å². The van der Waals surface area contributed by atoms with Crippen LogP contribution in [0.3, 0.4) is 0 Å². The molecule has 1 aliphatic heterocycles. The van der Waals surface area contributed by atoms with E-state index in [2.05, 4.69) is 44.5 Å². The Labute approximate surface area is 222 Å². The van der Waals surface area contributed by atoms with Crippen LogP contribution in [0.1, 0.15) is 36.9 Å². The number of anilines is 3. The van der Waals surface area contributed by atoms with Crippen molar-refractivity contribution in [2.45, 2.75) is 49.1 Å². The predicted octanol–water partition coefficient (Wildman–Crippen LogP) is 4.47. The first-order valence-electron chi connectivity index (χ1n) is 13.0. The van der Waals surface area contributed by atoms with Crippen LogP contribution in [0.5, 0.6) is 5.75 Å². The molecular formula is C27H35N7O2S. The number of rotatable bonds is 9. The topological polar surface area (TPSA) is 99.3 Å². The first-order valence-corrected chi connectivity index (χ1v) is 13.8. The molecule has 37 heavy (non-hydrogen) atoms. The van der Waals surface area contributed by atoms with Crippen LogP contribution in [0.25, 0.3) is 0 Å². The summed E-state index contributed by atoms with van der Waals surface area (Å²) in [7, 11) is 3.78. The van der Waals surface area contributed by atoms with E-state index in [9.17, 15) is 4.79 Å². The van der Waals surface area contributed by atoms with Crippen molar-refractivity contribution in [3.63, 3.8) is 0 Å². The summed E-state index contributed by atoms with van der Waals surface area (Å²) in [5.74, 6) is 3.26. The van der Waals surface area contributed by atoms with Crippen LogP contribution in [-0.4, -0.2) is 71.2 Å². The number of aromatic amines is 1. The zero-order valence-corrected chi connectivity index (χ0v) is 22.6. The van der Waals surface area contributed by atoms with E-state index in [1.165, 1.54) is 24.6 Å². The number of hydrogen-bond acceptors (Lipinski definition) is 9. The van der Waals surface area contributed by atoms with Crippen molar-refractivity contribution < 1.29 is 9.53 Å². The summed E-state index contributed by atoms with van der Waals surface area (Å²) in [6, 6.07) is 10.1. The van der Waals surface area contributed by atoms with Crippen molar-refractivity contribution in [1.82, 2.24) is 25.1 Å². The average molecular weight is 522 g/mol. The zero-order valence-electron chi connectivity index (χ0n) is 21.8. The maximum absolute atomic E-state index is 12.6. The molecule has 0 radical (unpaired) electrons. The SMILES string of the molecule is COc1c(Nc2cc(C)[nH]n2)nc(Sc2ccc(CC(=O)C3CCCC3)cc2)nc1N1CCN(C)CC1. The van der Waals surface area contributed by atoms with Crippen molar-refractivity contribution in [2.24, 2.45) is 5.92 Å². The Bertz CT molecular complexity index is 1220. The van der Waals surface area contributed by atoms with Crippen molar-refractivity contribution in [2.75, 3.05) is 50.6 Å². The van der Waals surface area contributed by atoms with E-state index in [4.69, 9.17) is 14.7 Å². The fourth-order valence-corrected chi connectivity index (χ4v) is 5.70. The van der Waals surface area contributed by atoms with Crippen LogP contribution in [0, 0.1) is 12.8 Å². The van der Waals surface area contributed by atoms with Gasteiger partial charge in [-0.3, -0.25) is 9.89 Å². The number of ether oxygens (including phenoxy) is 1. The number of hydrogen-bond donors (Lipinski definition) is 2. The number of aromatic nitrogens is 4. The summed E-state index contributed by atoms with van der Waals surface area (Å²) in [5, 5.41) is 11.2. The van der Waals surface area contributed by atoms with Crippen LogP contribution in [0.2, 0.25) is 0 Å². The van der Waals surface area contributed by atoms with Gasteiger partial charge in [0.25, 0.3) is 0 Å². The van der Waals surface area contributed by atoms with E-state index >= 15 is 0 Å². The monoisotopic (exact) mass is 521 g/mol. The molecule has 5 rings (SSSR count). The molecule has 2 N–H and O–H groups in total. The van der Waals surface area contributed by atoms with E-state index in [-0.39, 0.29) is 5.92 Å². The number of aryl methyl sites for hydroxylation is 1. The number of H-pyrrole nitrogens is 1. The van der Waals surface area contributed by atoms with Crippen molar-refractivity contribution in [3.05, 3.63) is 41.6 Å². The molecule has 2 fully saturated rings. The lowest BCUT2D eigenvalue weighted by molar-refractivity contribution is -0.122. The lowest BCUT2D eigenvalue weighted by atomic mass is 9.97. The standard InChI is InChI=1S/C27H35N7O2S/c1-18-16-23(32-31-18)28-25-24(36-3)26(34-14-12-33(2)13-15-34)30-27(29-25)37-21-10-8-19(9-11-21)17-22(35)20-6-4-5-7-20/h8-11,16,20H,4-7,12-15,17H2,1-3H3,(H2,28,29,30,31,32). The highest BCUT2D eigenvalue weighted by atomic mass is 32.2. The largest absolute Gasteiger partial charge is 0.490 e. The second kappa shape index (κ2) is 11.5. The fourth-order valence-electron chi connectivity index (χ4n) is 4.95. The number of piperazine rings is 1. The molecule has 0 amide bonds. The van der Waals surface area contributed by atoms with Crippen LogP contribution < -0.4 is 15.0 Å². The molecule has 0 spiro atoms. The number of nitrogens with one attached hydrogen (secondary N) is 2. The summed E-state index contributed by atoms with van der Waals surface area (Å²) in [6.45, 7) is 5.59. The Balaban J connectivity index is 1.38. The molecule has 1 saturated carbocycles. The summed E-state index contributed by atoms with van der Waals surface area (Å²) < 4.78 is 5.81. The second-order valence-corrected chi connectivity index (χ2v) is 11.0. The normalized spacial score (nSPS) is 16.8. The summed E-state index contributed by atoms with van der Waals surface area (Å²) in [6.07, 6.45) is 4.97. The molecule has 0 unspecified atom stereocenters. The van der Waals surface area contributed by atoms with Gasteiger partial charge in [0.1, 0.15) is 5.78 Å². The molecule has 1 saturated heterocycles. The fraction of sp³-hybridized carbons (Fsp3) is 0.481. The Morgan fingerprint density at radius 2 is 1.86 bits per heavy atom. The quantitative estimate of drug-likeness (QED) is 0.395. The van der Waals surface area contributed by atoms with Crippen LogP contribution in [0.15, 0.2) is 40.4 Å². The molecular weight excluding hydrogens is 486 g/mol. The Morgan fingerprint density at radius 3 is 2.51 bits per heavy atom. The summed E-state index contributed by atoms with van der Waals surface area (Å²) in [5.41, 5.74) is 2.02. The molecule has 9 nitrogen and oxygen atoms in total. The second-order valence-electron chi connectivity index (χ2n) is 9.93. The summed E-state index contributed by atoms with van der Waals surface area (Å²) in [4.78, 5) is 27.9. The average Bonchev–Trinajstić information content (AvgIpc) is 3.58. The molecule has 3 heterocycles. The van der Waals surface area contributed by atoms with E-state index in [1.54, 1.807) is 7.11 Å². The predicted molar refractivity (Wildman–Crippen MR) is 146 cm³/mol. The number of nitrogens with zero attached hydrogens (tertiary/aromatic N) is 5. The van der Waals surface area contributed by atoms with Gasteiger partial charge in [-0.1, -0.05) is 25.0 Å². The van der Waals surface area contributed by atoms with Crippen molar-refractivity contribution in [3.8, 4) is 5.75 Å². The number of Topliss-reactive ketones (excluding diaryl/α,β-unsaturated/α-hetero) is 1. The van der Waals surface area contributed by atoms with E-state index < -0.39 is 0 Å². The van der Waals surface area contributed by atoms with E-state index in [1.807, 2.05) is 25.1 Å². The van der Waals surface area contributed by atoms with Gasteiger partial charge in [-0.05, 0) is 56.3 Å². The minimum Gasteiger partial charge on any atom is -0.490 e. The van der Waals surface area contributed by atoms with Gasteiger partial charge in [-0.2, -0.15) is 5.10 Å². The van der Waals surface area contributed by atoms with E-state index in [0.717, 1.165) is 61.0 Å². The molecule has 2 aromatic heterocycles. The smallest absolute Gasteiger partial charge is 0.204 e. The van der Waals surface area contributed by atoms with Crippen molar-refractivity contribution in [1.29, 1.82) is 0 Å². The number of methoxy groups -OCH3 is 1. The molecule has 0 bridgehead atoms. The van der Waals surface area contributed by atoms with Gasteiger partial charge in [-0.25, -0.2) is 9.97 Å². The third-order valence-corrected chi connectivity index (χ3v) is 7.98. The Morgan fingerprint density at radius 1 is 1.14 bits per heavy atom. The van der Waals surface area contributed by atoms with Gasteiger partial charge >= 0.3 is 0 Å². The maximum Gasteiger partial charge on any atom is 0.204 e. The first-order chi connectivity index (χ1) is 18.0. The number of benzene rings is 1. The lowest BCUT2D eigenvalue weighted by Crippen LogP contribution is -2.45. The van der Waals surface area contributed by atoms with Gasteiger partial charge < -0.3 is 19.9 Å². The molecule has 0 atom stereocenters. The molecule has 1 aliphatic carbocycles. The third kappa shape index (κ3) is 6.24. The molecule has 2 aliphatic rings. The zero-order chi connectivity index (χ0) is 25.8. The highest BCUT2D eigenvalue weighted by molar-refractivity contribution is 7.99. The van der Waals surface area contributed by atoms with Gasteiger partial charge in [0.05, 0.1) is 7.11 Å². The number of carbonyl (C=O) groups excluding carboxylic acids is 1. The van der Waals surface area contributed by atoms with Crippen LogP contribution in [-0.2, 0) is 11.2 Å². The van der Waals surface area contributed by atoms with Gasteiger partial charge in [0, 0.05) is 55.2 Å². The Hall–Kier alpha value is -3.11. The molecule has 10 heteroatoms. The van der Waals surface area contributed by atoms with Gasteiger partial charge in [0.15, 0.2) is 22.6 Å². The number of likely N-dealkylation sites (N-methyl/N-ethyl adjacent to an activating group) is 1. The molecule has 1 aromatic carbocycles. The van der Waals surface area contributed by atoms with E-state index in [0.29, 0.717) is 34.7 Å². The first kappa shape index (κ1) is 25.5. The summed E-state index contributed by atoms with van der Waals surface area (Å²) >= 11 is 1.50. The van der Waals surface area contributed by atoms with Crippen molar-refractivity contribution >= 4 is 35.0 Å². The minimum absolute atomic E-state index is 0.249. The highest BCUT2D eigenvalue weighted by Crippen LogP contribution is 2.38. The third-order valence-electron chi connectivity index (χ3n) is 7.11. The van der Waals surface area contributed by atoms with Gasteiger partial charge in [-0.15, -0.1) is 0 Å². The maximum atomic E-state index is 12.6. The Kier molecular flexibility index (Phi) is 7.95. The van der Waals surface area contributed by atoms with Crippen LogP contribution >= 0.6 is 11.8 Å². The number of ketones is 1. The minimum atomic E-state index is 0.249. The molecule has 3 aromatic rings. The lowest BCUT2D eigenvalue weighted by Gasteiger charge is -2.34. The highest BCUT2D eigenvalue weighted by Gasteiger charge is 2.25. The number of carbonyl (C=O) groups is 1. The van der Waals surface area contributed by atoms with Crippen LogP contribution in [0.4, 0.5) is 17.5 Å².